The number of ether oxygens (including phenoxy) is 2. The van der Waals surface area contributed by atoms with E-state index in [4.69, 9.17) is 9.47 Å². The summed E-state index contributed by atoms with van der Waals surface area (Å²) in [6.07, 6.45) is 0. The number of benzene rings is 2. The van der Waals surface area contributed by atoms with E-state index in [1.54, 1.807) is 13.2 Å². The monoisotopic (exact) mass is 388 g/mol. The molecule has 27 heavy (non-hydrogen) atoms. The number of carbonyl (C=O) groups is 1. The van der Waals surface area contributed by atoms with E-state index >= 15 is 0 Å². The molecule has 1 heterocycles. The minimum absolute atomic E-state index is 0.0722. The molecule has 0 aliphatic rings. The van der Waals surface area contributed by atoms with Crippen LogP contribution in [-0.2, 0) is 4.79 Å². The van der Waals surface area contributed by atoms with Crippen LogP contribution < -0.4 is 14.8 Å². The van der Waals surface area contributed by atoms with Gasteiger partial charge in [-0.25, -0.2) is 4.98 Å². The number of nitro benzene ring substituents is 1. The maximum absolute atomic E-state index is 12.2. The molecule has 0 saturated heterocycles. The third kappa shape index (κ3) is 4.29. The second-order valence-electron chi connectivity index (χ2n) is 5.40. The Morgan fingerprint density at radius 1 is 1.26 bits per heavy atom. The first-order chi connectivity index (χ1) is 13.0. The molecule has 0 unspecified atom stereocenters. The summed E-state index contributed by atoms with van der Waals surface area (Å²) >= 11 is 1.22. The molecule has 0 atom stereocenters. The summed E-state index contributed by atoms with van der Waals surface area (Å²) in [4.78, 5) is 30.1. The number of nitrogens with one attached hydrogen (secondary N) is 2. The summed E-state index contributed by atoms with van der Waals surface area (Å²) in [5.41, 5.74) is 1.67. The van der Waals surface area contributed by atoms with Crippen LogP contribution in [0.5, 0.6) is 11.5 Å². The Kier molecular flexibility index (Phi) is 5.46. The van der Waals surface area contributed by atoms with Gasteiger partial charge in [0.2, 0.25) is 5.91 Å². The van der Waals surface area contributed by atoms with Crippen LogP contribution in [0.2, 0.25) is 0 Å². The molecule has 3 rings (SSSR count). The van der Waals surface area contributed by atoms with Gasteiger partial charge < -0.3 is 19.8 Å². The third-order valence-corrected chi connectivity index (χ3v) is 4.55. The standard InChI is InChI=1S/C17H16N4O5S/c1-25-11-4-5-12-13(8-11)20-17(19-12)27-9-16(22)18-14-7-10(21(23)24)3-6-15(14)26-2/h3-8H,9H2,1-2H3,(H,18,22)(H,19,20). The van der Waals surface area contributed by atoms with Crippen molar-refractivity contribution >= 4 is 40.1 Å². The highest BCUT2D eigenvalue weighted by molar-refractivity contribution is 7.99. The summed E-state index contributed by atoms with van der Waals surface area (Å²) < 4.78 is 10.3. The van der Waals surface area contributed by atoms with Crippen LogP contribution in [0.3, 0.4) is 0 Å². The normalized spacial score (nSPS) is 10.6. The van der Waals surface area contributed by atoms with E-state index in [0.717, 1.165) is 11.0 Å². The van der Waals surface area contributed by atoms with Gasteiger partial charge in [-0.05, 0) is 18.2 Å². The number of H-pyrrole nitrogens is 1. The molecule has 0 spiro atoms. The summed E-state index contributed by atoms with van der Waals surface area (Å²) in [5, 5.41) is 14.1. The smallest absolute Gasteiger partial charge is 0.271 e. The third-order valence-electron chi connectivity index (χ3n) is 3.68. The number of carbonyl (C=O) groups excluding carboxylic acids is 1. The molecule has 1 amide bonds. The molecule has 3 aromatic rings. The van der Waals surface area contributed by atoms with Gasteiger partial charge in [0.1, 0.15) is 11.5 Å². The van der Waals surface area contributed by atoms with E-state index in [1.807, 2.05) is 12.1 Å². The number of aromatic amines is 1. The van der Waals surface area contributed by atoms with Crippen LogP contribution in [-0.4, -0.2) is 40.8 Å². The number of fused-ring (bicyclic) bond motifs is 1. The molecular weight excluding hydrogens is 372 g/mol. The van der Waals surface area contributed by atoms with Gasteiger partial charge in [0.25, 0.3) is 5.69 Å². The maximum Gasteiger partial charge on any atom is 0.271 e. The predicted octanol–water partition coefficient (Wildman–Crippen LogP) is 3.22. The lowest BCUT2D eigenvalue weighted by molar-refractivity contribution is -0.384. The van der Waals surface area contributed by atoms with Gasteiger partial charge in [0, 0.05) is 18.2 Å². The second-order valence-corrected chi connectivity index (χ2v) is 6.37. The number of non-ortho nitro benzene ring substituents is 1. The summed E-state index contributed by atoms with van der Waals surface area (Å²) in [7, 11) is 3.01. The summed E-state index contributed by atoms with van der Waals surface area (Å²) in [6.45, 7) is 0. The van der Waals surface area contributed by atoms with Crippen molar-refractivity contribution in [3.8, 4) is 11.5 Å². The van der Waals surface area contributed by atoms with Gasteiger partial charge in [-0.2, -0.15) is 0 Å². The van der Waals surface area contributed by atoms with E-state index in [2.05, 4.69) is 15.3 Å². The predicted molar refractivity (Wildman–Crippen MR) is 102 cm³/mol. The van der Waals surface area contributed by atoms with Gasteiger partial charge in [-0.15, -0.1) is 0 Å². The van der Waals surface area contributed by atoms with Gasteiger partial charge in [0.15, 0.2) is 5.16 Å². The molecule has 0 aliphatic carbocycles. The first-order valence-corrected chi connectivity index (χ1v) is 8.77. The zero-order valence-corrected chi connectivity index (χ0v) is 15.3. The van der Waals surface area contributed by atoms with Gasteiger partial charge in [-0.1, -0.05) is 11.8 Å². The Bertz CT molecular complexity index is 1000. The van der Waals surface area contributed by atoms with Crippen LogP contribution in [0.1, 0.15) is 0 Å². The topological polar surface area (TPSA) is 119 Å². The number of hydrogen-bond donors (Lipinski definition) is 2. The fourth-order valence-corrected chi connectivity index (χ4v) is 3.07. The zero-order valence-electron chi connectivity index (χ0n) is 14.5. The van der Waals surface area contributed by atoms with Crippen molar-refractivity contribution in [2.75, 3.05) is 25.3 Å². The van der Waals surface area contributed by atoms with Crippen molar-refractivity contribution in [2.24, 2.45) is 0 Å². The average molecular weight is 388 g/mol. The summed E-state index contributed by atoms with van der Waals surface area (Å²) in [5.74, 6) is 0.785. The minimum Gasteiger partial charge on any atom is -0.497 e. The van der Waals surface area contributed by atoms with E-state index in [9.17, 15) is 14.9 Å². The minimum atomic E-state index is -0.535. The number of nitro groups is 1. The molecule has 0 aliphatic heterocycles. The fourth-order valence-electron chi connectivity index (χ4n) is 2.39. The molecule has 0 fully saturated rings. The molecule has 2 aromatic carbocycles. The summed E-state index contributed by atoms with van der Waals surface area (Å²) in [6, 6.07) is 9.45. The number of hydrogen-bond acceptors (Lipinski definition) is 7. The lowest BCUT2D eigenvalue weighted by atomic mass is 10.2. The number of nitrogens with zero attached hydrogens (tertiary/aromatic N) is 2. The van der Waals surface area contributed by atoms with Crippen LogP contribution in [0.15, 0.2) is 41.6 Å². The van der Waals surface area contributed by atoms with E-state index in [1.165, 1.54) is 37.1 Å². The molecule has 1 aromatic heterocycles. The largest absolute Gasteiger partial charge is 0.497 e. The van der Waals surface area contributed by atoms with Crippen molar-refractivity contribution in [1.82, 2.24) is 9.97 Å². The Balaban J connectivity index is 1.68. The number of thioether (sulfide) groups is 1. The number of amides is 1. The highest BCUT2D eigenvalue weighted by Gasteiger charge is 2.14. The lowest BCUT2D eigenvalue weighted by Crippen LogP contribution is -2.15. The highest BCUT2D eigenvalue weighted by Crippen LogP contribution is 2.29. The van der Waals surface area contributed by atoms with E-state index < -0.39 is 4.92 Å². The van der Waals surface area contributed by atoms with Crippen molar-refractivity contribution in [1.29, 1.82) is 0 Å². The van der Waals surface area contributed by atoms with E-state index in [-0.39, 0.29) is 23.0 Å². The molecule has 0 bridgehead atoms. The molecular formula is C17H16N4O5S. The van der Waals surface area contributed by atoms with Gasteiger partial charge in [-0.3, -0.25) is 14.9 Å². The number of rotatable bonds is 7. The van der Waals surface area contributed by atoms with Crippen LogP contribution in [0.25, 0.3) is 11.0 Å². The number of anilines is 1. The average Bonchev–Trinajstić information content (AvgIpc) is 3.08. The van der Waals surface area contributed by atoms with Crippen LogP contribution in [0, 0.1) is 10.1 Å². The fraction of sp³-hybridized carbons (Fsp3) is 0.176. The highest BCUT2D eigenvalue weighted by atomic mass is 32.2. The molecule has 0 radical (unpaired) electrons. The first-order valence-electron chi connectivity index (χ1n) is 7.79. The molecule has 0 saturated carbocycles. The van der Waals surface area contributed by atoms with Gasteiger partial charge in [0.05, 0.1) is 41.6 Å². The quantitative estimate of drug-likeness (QED) is 0.362. The van der Waals surface area contributed by atoms with E-state index in [0.29, 0.717) is 16.7 Å². The Hall–Kier alpha value is -3.27. The Labute approximate surface area is 158 Å². The van der Waals surface area contributed by atoms with Crippen molar-refractivity contribution in [3.63, 3.8) is 0 Å². The van der Waals surface area contributed by atoms with Crippen LogP contribution in [0.4, 0.5) is 11.4 Å². The molecule has 140 valence electrons. The van der Waals surface area contributed by atoms with Crippen molar-refractivity contribution in [3.05, 3.63) is 46.5 Å². The van der Waals surface area contributed by atoms with Crippen LogP contribution >= 0.6 is 11.8 Å². The molecule has 9 nitrogen and oxygen atoms in total. The number of imidazole rings is 1. The SMILES string of the molecule is COc1ccc2nc(SCC(=O)Nc3cc([N+](=O)[O-])ccc3OC)[nH]c2c1. The maximum atomic E-state index is 12.2. The second kappa shape index (κ2) is 7.96. The lowest BCUT2D eigenvalue weighted by Gasteiger charge is -2.09. The number of methoxy groups -OCH3 is 2. The van der Waals surface area contributed by atoms with Gasteiger partial charge >= 0.3 is 0 Å². The Morgan fingerprint density at radius 2 is 2.07 bits per heavy atom. The first kappa shape index (κ1) is 18.5. The van der Waals surface area contributed by atoms with Crippen molar-refractivity contribution in [2.45, 2.75) is 5.16 Å². The zero-order chi connectivity index (χ0) is 19.4. The Morgan fingerprint density at radius 3 is 2.78 bits per heavy atom. The molecule has 2 N–H and O–H groups in total. The number of aromatic nitrogens is 2. The molecule has 10 heteroatoms. The van der Waals surface area contributed by atoms with Crippen molar-refractivity contribution < 1.29 is 19.2 Å².